The molecule has 0 aliphatic carbocycles. The van der Waals surface area contributed by atoms with Crippen LogP contribution in [0.25, 0.3) is 0 Å². The van der Waals surface area contributed by atoms with Crippen LogP contribution >= 0.6 is 15.9 Å². The van der Waals surface area contributed by atoms with Gasteiger partial charge in [-0.25, -0.2) is 9.18 Å². The van der Waals surface area contributed by atoms with Gasteiger partial charge >= 0.3 is 5.97 Å². The fourth-order valence-electron chi connectivity index (χ4n) is 1.41. The average molecular weight is 326 g/mol. The van der Waals surface area contributed by atoms with Crippen molar-refractivity contribution in [2.45, 2.75) is 6.61 Å². The Hall–Kier alpha value is -1.95. The van der Waals surface area contributed by atoms with E-state index in [4.69, 9.17) is 9.84 Å². The van der Waals surface area contributed by atoms with Crippen LogP contribution in [0.4, 0.5) is 4.39 Å². The van der Waals surface area contributed by atoms with Crippen LogP contribution in [0.15, 0.2) is 41.1 Å². The summed E-state index contributed by atoms with van der Waals surface area (Å²) in [6.07, 6.45) is 2.66. The minimum absolute atomic E-state index is 0.0535. The molecule has 1 heterocycles. The molecule has 1 aromatic carbocycles. The monoisotopic (exact) mass is 325 g/mol. The summed E-state index contributed by atoms with van der Waals surface area (Å²) in [6.45, 7) is 0.198. The number of carboxylic acids is 1. The standard InChI is InChI=1S/C13H9BrFNO3/c14-11-3-8(1-2-12(11)15)7-19-10-4-9(13(17)18)5-16-6-10/h1-6H,7H2,(H,17,18). The van der Waals surface area contributed by atoms with Crippen LogP contribution < -0.4 is 4.74 Å². The number of carboxylic acid groups (broad SMARTS) is 1. The maximum atomic E-state index is 13.0. The highest BCUT2D eigenvalue weighted by molar-refractivity contribution is 9.10. The van der Waals surface area contributed by atoms with Gasteiger partial charge in [-0.05, 0) is 39.7 Å². The average Bonchev–Trinajstić information content (AvgIpc) is 2.40. The van der Waals surface area contributed by atoms with Crippen LogP contribution in [0.2, 0.25) is 0 Å². The Labute approximate surface area is 117 Å². The van der Waals surface area contributed by atoms with Crippen molar-refractivity contribution in [2.24, 2.45) is 0 Å². The predicted molar refractivity (Wildman–Crippen MR) is 69.6 cm³/mol. The minimum Gasteiger partial charge on any atom is -0.487 e. The van der Waals surface area contributed by atoms with E-state index in [0.717, 1.165) is 5.56 Å². The van der Waals surface area contributed by atoms with Gasteiger partial charge in [0.15, 0.2) is 0 Å². The lowest BCUT2D eigenvalue weighted by molar-refractivity contribution is 0.0696. The number of ether oxygens (including phenoxy) is 1. The van der Waals surface area contributed by atoms with Crippen LogP contribution in [-0.2, 0) is 6.61 Å². The normalized spacial score (nSPS) is 10.2. The van der Waals surface area contributed by atoms with Gasteiger partial charge in [-0.15, -0.1) is 0 Å². The highest BCUT2D eigenvalue weighted by Gasteiger charge is 2.06. The zero-order valence-electron chi connectivity index (χ0n) is 9.64. The molecule has 0 atom stereocenters. The van der Waals surface area contributed by atoms with Gasteiger partial charge < -0.3 is 9.84 Å². The number of halogens is 2. The summed E-state index contributed by atoms with van der Waals surface area (Å²) in [5.74, 6) is -1.07. The third-order valence-corrected chi connectivity index (χ3v) is 2.96. The smallest absolute Gasteiger partial charge is 0.337 e. The van der Waals surface area contributed by atoms with E-state index in [2.05, 4.69) is 20.9 Å². The number of aromatic carboxylic acids is 1. The summed E-state index contributed by atoms with van der Waals surface area (Å²) >= 11 is 3.08. The van der Waals surface area contributed by atoms with E-state index in [1.54, 1.807) is 12.1 Å². The lowest BCUT2D eigenvalue weighted by Gasteiger charge is -2.07. The molecule has 0 unspecified atom stereocenters. The van der Waals surface area contributed by atoms with Crippen molar-refractivity contribution < 1.29 is 19.0 Å². The molecule has 0 spiro atoms. The largest absolute Gasteiger partial charge is 0.487 e. The van der Waals surface area contributed by atoms with Crippen molar-refractivity contribution in [3.8, 4) is 5.75 Å². The number of aromatic nitrogens is 1. The molecule has 0 fully saturated rings. The molecule has 0 saturated carbocycles. The zero-order valence-corrected chi connectivity index (χ0v) is 11.2. The molecular formula is C13H9BrFNO3. The lowest BCUT2D eigenvalue weighted by atomic mass is 10.2. The van der Waals surface area contributed by atoms with Gasteiger partial charge in [-0.3, -0.25) is 4.98 Å². The summed E-state index contributed by atoms with van der Waals surface area (Å²) in [5, 5.41) is 8.82. The second-order valence-corrected chi connectivity index (χ2v) is 4.61. The van der Waals surface area contributed by atoms with Crippen molar-refractivity contribution in [3.63, 3.8) is 0 Å². The van der Waals surface area contributed by atoms with Crippen molar-refractivity contribution in [1.29, 1.82) is 0 Å². The Kier molecular flexibility index (Phi) is 4.11. The van der Waals surface area contributed by atoms with Gasteiger partial charge in [0.25, 0.3) is 0 Å². The van der Waals surface area contributed by atoms with Crippen molar-refractivity contribution in [1.82, 2.24) is 4.98 Å². The second-order valence-electron chi connectivity index (χ2n) is 3.75. The number of nitrogens with zero attached hydrogens (tertiary/aromatic N) is 1. The molecule has 2 aromatic rings. The van der Waals surface area contributed by atoms with Gasteiger partial charge in [-0.1, -0.05) is 6.07 Å². The predicted octanol–water partition coefficient (Wildman–Crippen LogP) is 3.26. The minimum atomic E-state index is -1.07. The number of carbonyl (C=O) groups is 1. The first-order valence-corrected chi connectivity index (χ1v) is 6.10. The van der Waals surface area contributed by atoms with E-state index >= 15 is 0 Å². The Bertz CT molecular complexity index is 619. The highest BCUT2D eigenvalue weighted by Crippen LogP contribution is 2.19. The summed E-state index contributed by atoms with van der Waals surface area (Å²) in [6, 6.07) is 5.90. The fourth-order valence-corrected chi connectivity index (χ4v) is 1.84. The third-order valence-electron chi connectivity index (χ3n) is 2.35. The molecule has 2 rings (SSSR count). The number of benzene rings is 1. The molecule has 1 N–H and O–H groups in total. The van der Waals surface area contributed by atoms with E-state index in [9.17, 15) is 9.18 Å². The maximum absolute atomic E-state index is 13.0. The Balaban J connectivity index is 2.07. The van der Waals surface area contributed by atoms with Crippen molar-refractivity contribution in [3.05, 3.63) is 58.1 Å². The SMILES string of the molecule is O=C(O)c1cncc(OCc2ccc(F)c(Br)c2)c1. The molecular weight excluding hydrogens is 317 g/mol. The number of hydrogen-bond donors (Lipinski definition) is 1. The molecule has 6 heteroatoms. The summed E-state index contributed by atoms with van der Waals surface area (Å²) in [7, 11) is 0. The highest BCUT2D eigenvalue weighted by atomic mass is 79.9. The first-order chi connectivity index (χ1) is 9.06. The molecule has 19 heavy (non-hydrogen) atoms. The number of hydrogen-bond acceptors (Lipinski definition) is 3. The topological polar surface area (TPSA) is 59.4 Å². The first-order valence-electron chi connectivity index (χ1n) is 5.31. The van der Waals surface area contributed by atoms with Gasteiger partial charge in [0.05, 0.1) is 16.2 Å². The molecule has 0 aliphatic heterocycles. The Morgan fingerprint density at radius 3 is 2.84 bits per heavy atom. The zero-order chi connectivity index (χ0) is 13.8. The molecule has 4 nitrogen and oxygen atoms in total. The molecule has 0 bridgehead atoms. The van der Waals surface area contributed by atoms with E-state index in [-0.39, 0.29) is 18.0 Å². The van der Waals surface area contributed by atoms with Gasteiger partial charge in [0.2, 0.25) is 0 Å². The molecule has 0 radical (unpaired) electrons. The third kappa shape index (κ3) is 3.51. The molecule has 0 amide bonds. The van der Waals surface area contributed by atoms with Crippen molar-refractivity contribution >= 4 is 21.9 Å². The Morgan fingerprint density at radius 2 is 2.16 bits per heavy atom. The number of pyridine rings is 1. The quantitative estimate of drug-likeness (QED) is 0.937. The van der Waals surface area contributed by atoms with E-state index in [0.29, 0.717) is 10.2 Å². The molecule has 0 saturated heterocycles. The van der Waals surface area contributed by atoms with Gasteiger partial charge in [-0.2, -0.15) is 0 Å². The number of rotatable bonds is 4. The van der Waals surface area contributed by atoms with Crippen LogP contribution in [0.1, 0.15) is 15.9 Å². The fraction of sp³-hybridized carbons (Fsp3) is 0.0769. The van der Waals surface area contributed by atoms with Crippen LogP contribution in [0, 0.1) is 5.82 Å². The van der Waals surface area contributed by atoms with E-state index in [1.807, 2.05) is 0 Å². The van der Waals surface area contributed by atoms with Gasteiger partial charge in [0.1, 0.15) is 18.2 Å². The van der Waals surface area contributed by atoms with Crippen LogP contribution in [0.3, 0.4) is 0 Å². The summed E-state index contributed by atoms with van der Waals surface area (Å²) in [5.41, 5.74) is 0.812. The summed E-state index contributed by atoms with van der Waals surface area (Å²) < 4.78 is 18.8. The maximum Gasteiger partial charge on any atom is 0.337 e. The van der Waals surface area contributed by atoms with Crippen LogP contribution in [0.5, 0.6) is 5.75 Å². The second kappa shape index (κ2) is 5.79. The van der Waals surface area contributed by atoms with Gasteiger partial charge in [0, 0.05) is 6.20 Å². The van der Waals surface area contributed by atoms with E-state index in [1.165, 1.54) is 24.5 Å². The lowest BCUT2D eigenvalue weighted by Crippen LogP contribution is -2.00. The Morgan fingerprint density at radius 1 is 1.37 bits per heavy atom. The molecule has 98 valence electrons. The van der Waals surface area contributed by atoms with E-state index < -0.39 is 5.97 Å². The molecule has 0 aliphatic rings. The molecule has 1 aromatic heterocycles. The van der Waals surface area contributed by atoms with Crippen LogP contribution in [-0.4, -0.2) is 16.1 Å². The first kappa shape index (κ1) is 13.5. The van der Waals surface area contributed by atoms with Crippen molar-refractivity contribution in [2.75, 3.05) is 0 Å². The summed E-state index contributed by atoms with van der Waals surface area (Å²) in [4.78, 5) is 14.5.